The van der Waals surface area contributed by atoms with Crippen LogP contribution in [0.25, 0.3) is 0 Å². The van der Waals surface area contributed by atoms with Crippen LogP contribution in [0.15, 0.2) is 0 Å². The van der Waals surface area contributed by atoms with Gasteiger partial charge >= 0.3 is 0 Å². The predicted molar refractivity (Wildman–Crippen MR) is 257 cm³/mol. The van der Waals surface area contributed by atoms with E-state index in [0.717, 1.165) is 78.5 Å². The molecule has 0 aliphatic carbocycles. The van der Waals surface area contributed by atoms with E-state index >= 15 is 0 Å². The second kappa shape index (κ2) is 47.4. The monoisotopic (exact) mass is 986 g/mol. The molecular weight excluding hydrogens is 925 g/mol. The van der Waals surface area contributed by atoms with Gasteiger partial charge in [0.2, 0.25) is 0 Å². The molecule has 0 saturated carbocycles. The maximum absolute atomic E-state index is 4.76. The Kier molecular flexibility index (Phi) is 63.1. The van der Waals surface area contributed by atoms with E-state index < -0.39 is 0 Å². The fourth-order valence-corrected chi connectivity index (χ4v) is 5.99. The minimum Gasteiger partial charge on any atom is -0.411 e. The third kappa shape index (κ3) is 45.4. The summed E-state index contributed by atoms with van der Waals surface area (Å²) in [6.07, 6.45) is 0. The summed E-state index contributed by atoms with van der Waals surface area (Å²) in [6.45, 7) is 35.7. The van der Waals surface area contributed by atoms with Crippen molar-refractivity contribution >= 4 is 175 Å². The van der Waals surface area contributed by atoms with Crippen molar-refractivity contribution in [1.29, 1.82) is 0 Å². The molecule has 0 unspecified atom stereocenters. The molecule has 0 saturated heterocycles. The summed E-state index contributed by atoms with van der Waals surface area (Å²) in [5.41, 5.74) is 0. The normalized spacial score (nSPS) is 8.57. The predicted octanol–water partition coefficient (Wildman–Crippen LogP) is 6.96. The number of rotatable bonds is 12. The third-order valence-electron chi connectivity index (χ3n) is 6.13. The molecule has 0 aliphatic rings. The van der Waals surface area contributed by atoms with Crippen LogP contribution in [0.1, 0.15) is 83.1 Å². The SMILES string of the molecule is CCN(CC)C(=S)[S-].CCN(CC)C(=S)[S-].CCN(CC)C(=S)[S-].CCN(CC)C(=S)[S-].CCN(CC)C(=S)[S-].CCN(CC)C(=S)[S-].[Mo]. The van der Waals surface area contributed by atoms with Crippen molar-refractivity contribution in [3.05, 3.63) is 0 Å². The average Bonchev–Trinajstić information content (AvgIpc) is 3.01. The van der Waals surface area contributed by atoms with Gasteiger partial charge in [0.15, 0.2) is 0 Å². The second-order valence-electron chi connectivity index (χ2n) is 8.63. The largest absolute Gasteiger partial charge is 0.411 e. The molecule has 0 bridgehead atoms. The summed E-state index contributed by atoms with van der Waals surface area (Å²) in [6, 6.07) is 0. The molecule has 0 atom stereocenters. The molecule has 0 aliphatic heterocycles. The van der Waals surface area contributed by atoms with Crippen LogP contribution in [0.5, 0.6) is 0 Å². The minimum atomic E-state index is 0. The second-order valence-corrected chi connectivity index (χ2v) is 14.8. The fraction of sp³-hybridized carbons (Fsp3) is 0.800. The van der Waals surface area contributed by atoms with E-state index in [1.807, 2.05) is 112 Å². The van der Waals surface area contributed by atoms with Crippen molar-refractivity contribution in [1.82, 2.24) is 29.4 Å². The van der Waals surface area contributed by atoms with Gasteiger partial charge in [0.25, 0.3) is 0 Å². The first-order valence-corrected chi connectivity index (χ1v) is 21.0. The van der Waals surface area contributed by atoms with Gasteiger partial charge in [0.1, 0.15) is 0 Å². The van der Waals surface area contributed by atoms with Crippen molar-refractivity contribution in [2.24, 2.45) is 0 Å². The Hall–Kier alpha value is 1.35. The number of thiocarbonyl (C=S) groups is 6. The fourth-order valence-electron chi connectivity index (χ4n) is 2.89. The Balaban J connectivity index is -0.0000000860. The van der Waals surface area contributed by atoms with Crippen molar-refractivity contribution in [3.63, 3.8) is 0 Å². The molecule has 0 aromatic carbocycles. The van der Waals surface area contributed by atoms with Gasteiger partial charge in [-0.15, -0.1) is 0 Å². The van der Waals surface area contributed by atoms with Crippen LogP contribution in [0.2, 0.25) is 0 Å². The van der Waals surface area contributed by atoms with Crippen LogP contribution in [0.3, 0.4) is 0 Å². The molecule has 0 aromatic heterocycles. The zero-order chi connectivity index (χ0) is 39.4. The summed E-state index contributed by atoms with van der Waals surface area (Å²) >= 11 is 57.1. The van der Waals surface area contributed by atoms with Crippen LogP contribution in [0.4, 0.5) is 0 Å². The molecule has 19 heteroatoms. The summed E-state index contributed by atoms with van der Waals surface area (Å²) < 4.78 is 3.47. The van der Waals surface area contributed by atoms with E-state index in [-0.39, 0.29) is 21.1 Å². The maximum atomic E-state index is 4.76. The molecule has 0 heterocycles. The Bertz CT molecular complexity index is 649. The standard InChI is InChI=1S/6C5H11NS2.Mo/c6*1-3-6(4-2)5(7)8;/h6*3-4H2,1-2H3,(H,7,8);/p-6. The molecule has 294 valence electrons. The van der Waals surface area contributed by atoms with Gasteiger partial charge < -0.3 is 178 Å². The average molecular weight is 986 g/mol. The topological polar surface area (TPSA) is 19.4 Å². The maximum Gasteiger partial charge on any atom is 0.0133 e. The smallest absolute Gasteiger partial charge is 0.0133 e. The first kappa shape index (κ1) is 65.3. The Labute approximate surface area is 382 Å². The molecule has 0 amide bonds. The summed E-state index contributed by atoms with van der Waals surface area (Å²) in [5, 5.41) is 0. The van der Waals surface area contributed by atoms with E-state index in [4.69, 9.17) is 149 Å². The Morgan fingerprint density at radius 1 is 0.265 bits per heavy atom. The number of nitrogens with zero attached hydrogens (tertiary/aromatic N) is 6. The van der Waals surface area contributed by atoms with Gasteiger partial charge in [-0.05, 0) is 83.1 Å². The van der Waals surface area contributed by atoms with Gasteiger partial charge in [-0.2, -0.15) is 0 Å². The van der Waals surface area contributed by atoms with Crippen molar-refractivity contribution in [2.45, 2.75) is 83.1 Å². The zero-order valence-corrected chi connectivity index (χ0v) is 43.3. The van der Waals surface area contributed by atoms with E-state index in [1.54, 1.807) is 0 Å². The Morgan fingerprint density at radius 2 is 0.327 bits per heavy atom. The van der Waals surface area contributed by atoms with E-state index in [2.05, 4.69) is 0 Å². The third-order valence-corrected chi connectivity index (χ3v) is 9.23. The van der Waals surface area contributed by atoms with Crippen molar-refractivity contribution in [3.8, 4) is 0 Å². The van der Waals surface area contributed by atoms with Gasteiger partial charge in [-0.3, -0.25) is 0 Å². The van der Waals surface area contributed by atoms with Crippen LogP contribution >= 0.6 is 73.3 Å². The number of hydrogen-bond donors (Lipinski definition) is 0. The molecule has 0 fully saturated rings. The van der Waals surface area contributed by atoms with Crippen molar-refractivity contribution in [2.75, 3.05) is 78.5 Å². The molecule has 0 spiro atoms. The quantitative estimate of drug-likeness (QED) is 0.114. The minimum absolute atomic E-state index is 0. The van der Waals surface area contributed by atoms with Gasteiger partial charge in [0.05, 0.1) is 0 Å². The van der Waals surface area contributed by atoms with E-state index in [1.165, 1.54) is 0 Å². The van der Waals surface area contributed by atoms with Crippen LogP contribution < -0.4 is 0 Å². The molecule has 0 aromatic rings. The van der Waals surface area contributed by atoms with Crippen LogP contribution in [-0.4, -0.2) is 134 Å². The number of hydrogen-bond acceptors (Lipinski definition) is 12. The molecule has 0 radical (unpaired) electrons. The van der Waals surface area contributed by atoms with Crippen molar-refractivity contribution < 1.29 is 21.1 Å². The summed E-state index contributed by atoms with van der Waals surface area (Å²) in [7, 11) is 0. The van der Waals surface area contributed by atoms with Crippen LogP contribution in [-0.2, 0) is 96.8 Å². The molecular formula is C30H60MoN6S12-6. The van der Waals surface area contributed by atoms with Crippen LogP contribution in [0, 0.1) is 0 Å². The molecule has 0 rings (SSSR count). The van der Waals surface area contributed by atoms with E-state index in [9.17, 15) is 0 Å². The first-order chi connectivity index (χ1) is 22.3. The zero-order valence-electron chi connectivity index (χ0n) is 31.5. The summed E-state index contributed by atoms with van der Waals surface area (Å²) in [5.74, 6) is 0. The molecule has 0 N–H and O–H groups in total. The first-order valence-electron chi connectivity index (χ1n) is 16.1. The summed E-state index contributed by atoms with van der Waals surface area (Å²) in [4.78, 5) is 11.8. The van der Waals surface area contributed by atoms with Gasteiger partial charge in [-0.1, -0.05) is 25.9 Å². The van der Waals surface area contributed by atoms with Gasteiger partial charge in [-0.25, -0.2) is 0 Å². The molecule has 49 heavy (non-hydrogen) atoms. The van der Waals surface area contributed by atoms with E-state index in [0.29, 0.717) is 25.9 Å². The Morgan fingerprint density at radius 3 is 0.327 bits per heavy atom. The van der Waals surface area contributed by atoms with Gasteiger partial charge in [0, 0.05) is 99.6 Å². The molecule has 6 nitrogen and oxygen atoms in total.